The molecule has 4 rings (SSSR count). The number of nitrogens with one attached hydrogen (secondary N) is 1. The van der Waals surface area contributed by atoms with Crippen LogP contribution in [0.25, 0.3) is 5.69 Å². The van der Waals surface area contributed by atoms with Crippen LogP contribution >= 0.6 is 0 Å². The number of nitrogens with zero attached hydrogens (tertiary/aromatic N) is 3. The molecule has 1 aliphatic heterocycles. The molecule has 1 saturated heterocycles. The van der Waals surface area contributed by atoms with E-state index in [4.69, 9.17) is 0 Å². The molecule has 1 N–H and O–H groups in total. The van der Waals surface area contributed by atoms with Crippen molar-refractivity contribution in [2.75, 3.05) is 13.1 Å². The first-order chi connectivity index (χ1) is 15.8. The fourth-order valence-electron chi connectivity index (χ4n) is 4.67. The summed E-state index contributed by atoms with van der Waals surface area (Å²) in [6, 6.07) is 13.0. The molecule has 0 bridgehead atoms. The molecule has 1 fully saturated rings. The molecule has 0 spiro atoms. The predicted octanol–water partition coefficient (Wildman–Crippen LogP) is 3.31. The molecule has 2 aromatic carbocycles. The second-order valence-corrected chi connectivity index (χ2v) is 10.5. The Labute approximate surface area is 195 Å². The molecule has 1 amide bonds. The number of aryl methyl sites for hydroxylation is 3. The molecular formula is C25H30N4O3S. The average Bonchev–Trinajstić information content (AvgIpc) is 3.46. The van der Waals surface area contributed by atoms with Crippen LogP contribution < -0.4 is 5.32 Å². The van der Waals surface area contributed by atoms with E-state index in [9.17, 15) is 13.2 Å². The fourth-order valence-corrected chi connectivity index (χ4v) is 6.74. The van der Waals surface area contributed by atoms with Gasteiger partial charge in [0.1, 0.15) is 6.04 Å². The third-order valence-corrected chi connectivity index (χ3v) is 8.31. The van der Waals surface area contributed by atoms with Gasteiger partial charge in [0, 0.05) is 25.5 Å². The van der Waals surface area contributed by atoms with Gasteiger partial charge >= 0.3 is 0 Å². The summed E-state index contributed by atoms with van der Waals surface area (Å²) >= 11 is 0. The Morgan fingerprint density at radius 2 is 1.82 bits per heavy atom. The molecule has 0 aliphatic carbocycles. The highest BCUT2D eigenvalue weighted by atomic mass is 32.2. The zero-order valence-electron chi connectivity index (χ0n) is 19.3. The Morgan fingerprint density at radius 1 is 1.12 bits per heavy atom. The van der Waals surface area contributed by atoms with Crippen LogP contribution in [0.3, 0.4) is 0 Å². The predicted molar refractivity (Wildman–Crippen MR) is 128 cm³/mol. The van der Waals surface area contributed by atoms with E-state index in [1.54, 1.807) is 10.9 Å². The highest BCUT2D eigenvalue weighted by molar-refractivity contribution is 7.89. The van der Waals surface area contributed by atoms with Gasteiger partial charge in [0.15, 0.2) is 0 Å². The van der Waals surface area contributed by atoms with E-state index in [2.05, 4.69) is 10.4 Å². The van der Waals surface area contributed by atoms with Crippen LogP contribution in [-0.4, -0.2) is 47.5 Å². The van der Waals surface area contributed by atoms with E-state index in [1.807, 2.05) is 69.4 Å². The number of carbonyl (C=O) groups is 1. The van der Waals surface area contributed by atoms with E-state index in [0.717, 1.165) is 27.9 Å². The van der Waals surface area contributed by atoms with Gasteiger partial charge in [-0.2, -0.15) is 9.40 Å². The third-order valence-electron chi connectivity index (χ3n) is 6.10. The minimum Gasteiger partial charge on any atom is -0.354 e. The minimum atomic E-state index is -3.75. The Balaban J connectivity index is 1.40. The lowest BCUT2D eigenvalue weighted by Gasteiger charge is -2.25. The first kappa shape index (κ1) is 23.2. The maximum atomic E-state index is 13.5. The SMILES string of the molecule is Cc1cc(C)c(S(=O)(=O)N2CCCC2C(=O)NCCc2ccc(-n3cccn3)cc2)c(C)c1. The van der Waals surface area contributed by atoms with Crippen LogP contribution in [0.5, 0.6) is 0 Å². The van der Waals surface area contributed by atoms with Gasteiger partial charge in [0.2, 0.25) is 15.9 Å². The lowest BCUT2D eigenvalue weighted by molar-refractivity contribution is -0.124. The normalized spacial score (nSPS) is 16.8. The van der Waals surface area contributed by atoms with Crippen LogP contribution in [-0.2, 0) is 21.2 Å². The van der Waals surface area contributed by atoms with Crippen molar-refractivity contribution < 1.29 is 13.2 Å². The quantitative estimate of drug-likeness (QED) is 0.579. The monoisotopic (exact) mass is 466 g/mol. The highest BCUT2D eigenvalue weighted by Crippen LogP contribution is 2.30. The number of benzene rings is 2. The second kappa shape index (κ2) is 9.49. The summed E-state index contributed by atoms with van der Waals surface area (Å²) in [6.07, 6.45) is 5.50. The van der Waals surface area contributed by atoms with Gasteiger partial charge < -0.3 is 5.32 Å². The Morgan fingerprint density at radius 3 is 2.45 bits per heavy atom. The van der Waals surface area contributed by atoms with Gasteiger partial charge in [-0.05, 0) is 74.9 Å². The largest absolute Gasteiger partial charge is 0.354 e. The molecule has 3 aromatic rings. The van der Waals surface area contributed by atoms with Crippen LogP contribution in [0.1, 0.15) is 35.1 Å². The van der Waals surface area contributed by atoms with E-state index in [0.29, 0.717) is 37.2 Å². The van der Waals surface area contributed by atoms with Crippen LogP contribution in [0.15, 0.2) is 59.8 Å². The number of sulfonamides is 1. The summed E-state index contributed by atoms with van der Waals surface area (Å²) in [5, 5.41) is 7.16. The number of rotatable bonds is 7. The molecule has 1 atom stereocenters. The summed E-state index contributed by atoms with van der Waals surface area (Å²) in [4.78, 5) is 13.3. The Bertz CT molecular complexity index is 1210. The van der Waals surface area contributed by atoms with Gasteiger partial charge in [0.05, 0.1) is 10.6 Å². The molecule has 33 heavy (non-hydrogen) atoms. The van der Waals surface area contributed by atoms with E-state index in [1.165, 1.54) is 4.31 Å². The number of hydrogen-bond acceptors (Lipinski definition) is 4. The summed E-state index contributed by atoms with van der Waals surface area (Å²) in [5.41, 5.74) is 4.53. The fraction of sp³-hybridized carbons (Fsp3) is 0.360. The number of aromatic nitrogens is 2. The molecule has 1 aliphatic rings. The van der Waals surface area contributed by atoms with Crippen LogP contribution in [0.2, 0.25) is 0 Å². The molecule has 1 aromatic heterocycles. The van der Waals surface area contributed by atoms with Crippen molar-refractivity contribution in [1.29, 1.82) is 0 Å². The first-order valence-electron chi connectivity index (χ1n) is 11.2. The number of carbonyl (C=O) groups excluding carboxylic acids is 1. The van der Waals surface area contributed by atoms with Crippen molar-refractivity contribution in [3.8, 4) is 5.69 Å². The molecular weight excluding hydrogens is 436 g/mol. The van der Waals surface area contributed by atoms with Gasteiger partial charge in [-0.15, -0.1) is 0 Å². The molecule has 2 heterocycles. The van der Waals surface area contributed by atoms with Gasteiger partial charge in [-0.25, -0.2) is 13.1 Å². The lowest BCUT2D eigenvalue weighted by Crippen LogP contribution is -2.46. The molecule has 1 unspecified atom stereocenters. The maximum absolute atomic E-state index is 13.5. The number of amides is 1. The van der Waals surface area contributed by atoms with Crippen LogP contribution in [0.4, 0.5) is 0 Å². The highest BCUT2D eigenvalue weighted by Gasteiger charge is 2.40. The summed E-state index contributed by atoms with van der Waals surface area (Å²) in [6.45, 7) is 6.40. The van der Waals surface area contributed by atoms with Crippen molar-refractivity contribution in [3.05, 3.63) is 77.1 Å². The van der Waals surface area contributed by atoms with Crippen molar-refractivity contribution in [2.24, 2.45) is 0 Å². The van der Waals surface area contributed by atoms with E-state index in [-0.39, 0.29) is 5.91 Å². The van der Waals surface area contributed by atoms with Gasteiger partial charge in [-0.3, -0.25) is 4.79 Å². The molecule has 7 nitrogen and oxygen atoms in total. The van der Waals surface area contributed by atoms with Crippen molar-refractivity contribution in [2.45, 2.75) is 51.0 Å². The Hall–Kier alpha value is -2.97. The summed E-state index contributed by atoms with van der Waals surface area (Å²) in [7, 11) is -3.75. The van der Waals surface area contributed by atoms with Crippen LogP contribution in [0, 0.1) is 20.8 Å². The van der Waals surface area contributed by atoms with Crippen molar-refractivity contribution in [3.63, 3.8) is 0 Å². The lowest BCUT2D eigenvalue weighted by atomic mass is 10.1. The van der Waals surface area contributed by atoms with E-state index < -0.39 is 16.1 Å². The minimum absolute atomic E-state index is 0.230. The van der Waals surface area contributed by atoms with E-state index >= 15 is 0 Å². The second-order valence-electron chi connectivity index (χ2n) is 8.66. The molecule has 8 heteroatoms. The number of hydrogen-bond donors (Lipinski definition) is 1. The molecule has 174 valence electrons. The summed E-state index contributed by atoms with van der Waals surface area (Å²) < 4.78 is 30.1. The molecule has 0 saturated carbocycles. The standard InChI is InChI=1S/C25H30N4O3S/c1-18-16-19(2)24(20(3)17-18)33(31,32)29-15-4-6-23(29)25(30)26-13-11-21-7-9-22(10-8-21)28-14-5-12-27-28/h5,7-10,12,14,16-17,23H,4,6,11,13,15H2,1-3H3,(H,26,30). The zero-order valence-corrected chi connectivity index (χ0v) is 20.1. The van der Waals surface area contributed by atoms with Crippen molar-refractivity contribution >= 4 is 15.9 Å². The average molecular weight is 467 g/mol. The Kier molecular flexibility index (Phi) is 6.67. The van der Waals surface area contributed by atoms with Gasteiger partial charge in [0.25, 0.3) is 0 Å². The first-order valence-corrected chi connectivity index (χ1v) is 12.7. The maximum Gasteiger partial charge on any atom is 0.244 e. The smallest absolute Gasteiger partial charge is 0.244 e. The van der Waals surface area contributed by atoms with Gasteiger partial charge in [-0.1, -0.05) is 29.8 Å². The summed E-state index contributed by atoms with van der Waals surface area (Å²) in [5.74, 6) is -0.230. The topological polar surface area (TPSA) is 84.3 Å². The third kappa shape index (κ3) is 4.86. The molecule has 0 radical (unpaired) electrons. The zero-order chi connectivity index (χ0) is 23.6. The van der Waals surface area contributed by atoms with Crippen molar-refractivity contribution in [1.82, 2.24) is 19.4 Å².